The summed E-state index contributed by atoms with van der Waals surface area (Å²) < 4.78 is 7.25. The number of fused-ring (bicyclic) bond motifs is 1. The number of benzene rings is 2. The van der Waals surface area contributed by atoms with Gasteiger partial charge < -0.3 is 9.42 Å². The van der Waals surface area contributed by atoms with Crippen molar-refractivity contribution in [1.29, 1.82) is 0 Å². The monoisotopic (exact) mass is 458 g/mol. The van der Waals surface area contributed by atoms with Gasteiger partial charge in [-0.25, -0.2) is 0 Å². The predicted molar refractivity (Wildman–Crippen MR) is 127 cm³/mol. The van der Waals surface area contributed by atoms with Gasteiger partial charge in [-0.15, -0.1) is 0 Å². The van der Waals surface area contributed by atoms with Crippen LogP contribution in [-0.4, -0.2) is 61.8 Å². The van der Waals surface area contributed by atoms with Gasteiger partial charge in [0.05, 0.1) is 24.3 Å². The summed E-state index contributed by atoms with van der Waals surface area (Å²) in [7, 11) is 0. The molecule has 1 amide bonds. The average Bonchev–Trinajstić information content (AvgIpc) is 3.39. The molecule has 1 unspecified atom stereocenters. The average molecular weight is 459 g/mol. The molecule has 2 aromatic carbocycles. The van der Waals surface area contributed by atoms with Gasteiger partial charge in [0.1, 0.15) is 0 Å². The lowest BCUT2D eigenvalue weighted by atomic mass is 10.2. The summed E-state index contributed by atoms with van der Waals surface area (Å²) in [6.07, 6.45) is 1.65. The van der Waals surface area contributed by atoms with E-state index < -0.39 is 0 Å². The Morgan fingerprint density at radius 3 is 2.56 bits per heavy atom. The second-order valence-electron chi connectivity index (χ2n) is 8.41. The third kappa shape index (κ3) is 4.47. The summed E-state index contributed by atoms with van der Waals surface area (Å²) in [5.41, 5.74) is 1.56. The molecule has 174 valence electrons. The fraction of sp³-hybridized carbons (Fsp3) is 0.320. The number of hydrogen-bond donors (Lipinski definition) is 0. The van der Waals surface area contributed by atoms with Crippen molar-refractivity contribution in [2.75, 3.05) is 26.2 Å². The van der Waals surface area contributed by atoms with E-state index in [-0.39, 0.29) is 17.4 Å². The van der Waals surface area contributed by atoms with Crippen LogP contribution in [0, 0.1) is 0 Å². The zero-order valence-electron chi connectivity index (χ0n) is 19.0. The highest BCUT2D eigenvalue weighted by Gasteiger charge is 2.27. The number of aryl methyl sites for hydroxylation is 1. The molecule has 9 heteroatoms. The molecule has 1 aliphatic rings. The Morgan fingerprint density at radius 1 is 1.03 bits per heavy atom. The maximum atomic E-state index is 12.8. The van der Waals surface area contributed by atoms with Crippen LogP contribution in [-0.2, 0) is 11.3 Å². The van der Waals surface area contributed by atoms with E-state index >= 15 is 0 Å². The van der Waals surface area contributed by atoms with Crippen LogP contribution in [0.25, 0.3) is 22.3 Å². The predicted octanol–water partition coefficient (Wildman–Crippen LogP) is 2.74. The number of carbonyl (C=O) groups is 1. The Morgan fingerprint density at radius 2 is 1.76 bits per heavy atom. The molecular weight excluding hydrogens is 432 g/mol. The summed E-state index contributed by atoms with van der Waals surface area (Å²) in [5.74, 6) is 1.25. The standard InChI is InChI=1S/C25H26N6O3/c1-18(25-27-24(28-34-25)19-7-3-2-4-8-19)29-13-15-30(16-14-29)23(33)11-12-31-21-10-6-5-9-20(21)22(32)17-26-31/h2-10,17-18H,11-16H2,1H3. The van der Waals surface area contributed by atoms with E-state index in [1.54, 1.807) is 10.7 Å². The van der Waals surface area contributed by atoms with Crippen LogP contribution in [0.5, 0.6) is 0 Å². The van der Waals surface area contributed by atoms with Gasteiger partial charge >= 0.3 is 0 Å². The molecule has 1 saturated heterocycles. The normalized spacial score (nSPS) is 15.5. The molecule has 0 saturated carbocycles. The van der Waals surface area contributed by atoms with Crippen LogP contribution >= 0.6 is 0 Å². The first kappa shape index (κ1) is 22.0. The van der Waals surface area contributed by atoms with Gasteiger partial charge in [0.15, 0.2) is 0 Å². The summed E-state index contributed by atoms with van der Waals surface area (Å²) in [4.78, 5) is 33.6. The van der Waals surface area contributed by atoms with E-state index in [1.807, 2.05) is 60.4 Å². The van der Waals surface area contributed by atoms with Gasteiger partial charge in [0, 0.05) is 43.5 Å². The largest absolute Gasteiger partial charge is 0.340 e. The number of hydrogen-bond acceptors (Lipinski definition) is 7. The van der Waals surface area contributed by atoms with Gasteiger partial charge in [-0.05, 0) is 19.1 Å². The smallest absolute Gasteiger partial charge is 0.244 e. The van der Waals surface area contributed by atoms with Crippen molar-refractivity contribution in [2.45, 2.75) is 25.9 Å². The molecule has 2 aromatic heterocycles. The number of carbonyl (C=O) groups excluding carboxylic acids is 1. The molecule has 3 heterocycles. The quantitative estimate of drug-likeness (QED) is 0.438. The number of nitrogens with zero attached hydrogens (tertiary/aromatic N) is 6. The first-order chi connectivity index (χ1) is 16.6. The van der Waals surface area contributed by atoms with Gasteiger partial charge in [0.2, 0.25) is 23.1 Å². The Balaban J connectivity index is 1.16. The fourth-order valence-corrected chi connectivity index (χ4v) is 4.32. The van der Waals surface area contributed by atoms with Crippen molar-refractivity contribution in [3.63, 3.8) is 0 Å². The highest BCUT2D eigenvalue weighted by molar-refractivity contribution is 5.79. The second kappa shape index (κ2) is 9.56. The zero-order valence-corrected chi connectivity index (χ0v) is 19.0. The van der Waals surface area contributed by atoms with Gasteiger partial charge in [-0.2, -0.15) is 10.1 Å². The van der Waals surface area contributed by atoms with Crippen LogP contribution < -0.4 is 5.43 Å². The van der Waals surface area contributed by atoms with Gasteiger partial charge in [-0.3, -0.25) is 19.2 Å². The minimum atomic E-state index is -0.111. The molecule has 5 rings (SSSR count). The van der Waals surface area contributed by atoms with Crippen molar-refractivity contribution < 1.29 is 9.32 Å². The summed E-state index contributed by atoms with van der Waals surface area (Å²) in [6.45, 7) is 5.22. The Bertz CT molecular complexity index is 1340. The van der Waals surface area contributed by atoms with Crippen LogP contribution in [0.15, 0.2) is 70.1 Å². The van der Waals surface area contributed by atoms with E-state index in [0.717, 1.165) is 24.2 Å². The highest BCUT2D eigenvalue weighted by Crippen LogP contribution is 2.23. The minimum absolute atomic E-state index is 0.0288. The van der Waals surface area contributed by atoms with E-state index in [4.69, 9.17) is 4.52 Å². The van der Waals surface area contributed by atoms with Crippen LogP contribution in [0.3, 0.4) is 0 Å². The lowest BCUT2D eigenvalue weighted by molar-refractivity contribution is -0.133. The first-order valence-electron chi connectivity index (χ1n) is 11.5. The zero-order chi connectivity index (χ0) is 23.5. The number of aromatic nitrogens is 4. The molecule has 9 nitrogen and oxygen atoms in total. The second-order valence-corrected chi connectivity index (χ2v) is 8.41. The summed E-state index contributed by atoms with van der Waals surface area (Å²) in [6, 6.07) is 17.1. The van der Waals surface area contributed by atoms with Gasteiger partial charge in [-0.1, -0.05) is 47.6 Å². The van der Waals surface area contributed by atoms with Crippen molar-refractivity contribution in [3.8, 4) is 11.4 Å². The molecule has 0 N–H and O–H groups in total. The van der Waals surface area contributed by atoms with Crippen molar-refractivity contribution in [3.05, 3.63) is 76.9 Å². The maximum Gasteiger partial charge on any atom is 0.244 e. The van der Waals surface area contributed by atoms with E-state index in [9.17, 15) is 9.59 Å². The molecular formula is C25H26N6O3. The lowest BCUT2D eigenvalue weighted by Gasteiger charge is -2.36. The Labute approximate surface area is 196 Å². The number of para-hydroxylation sites is 1. The summed E-state index contributed by atoms with van der Waals surface area (Å²) in [5, 5.41) is 8.95. The molecule has 4 aromatic rings. The van der Waals surface area contributed by atoms with Crippen LogP contribution in [0.4, 0.5) is 0 Å². The van der Waals surface area contributed by atoms with E-state index in [2.05, 4.69) is 20.1 Å². The van der Waals surface area contributed by atoms with Crippen LogP contribution in [0.1, 0.15) is 25.3 Å². The Kier molecular flexibility index (Phi) is 6.18. The van der Waals surface area contributed by atoms with Crippen molar-refractivity contribution in [2.24, 2.45) is 0 Å². The molecule has 0 spiro atoms. The third-order valence-corrected chi connectivity index (χ3v) is 6.35. The van der Waals surface area contributed by atoms with Crippen molar-refractivity contribution in [1.82, 2.24) is 29.7 Å². The number of rotatable bonds is 6. The van der Waals surface area contributed by atoms with Crippen molar-refractivity contribution >= 4 is 16.8 Å². The van der Waals surface area contributed by atoms with E-state index in [0.29, 0.717) is 43.2 Å². The lowest BCUT2D eigenvalue weighted by Crippen LogP contribution is -2.49. The molecule has 1 fully saturated rings. The number of amides is 1. The molecule has 1 aliphatic heterocycles. The Hall–Kier alpha value is -3.85. The topological polar surface area (TPSA) is 97.4 Å². The summed E-state index contributed by atoms with van der Waals surface area (Å²) >= 11 is 0. The molecule has 0 aliphatic carbocycles. The first-order valence-corrected chi connectivity index (χ1v) is 11.5. The molecule has 34 heavy (non-hydrogen) atoms. The fourth-order valence-electron chi connectivity index (χ4n) is 4.32. The minimum Gasteiger partial charge on any atom is -0.340 e. The SMILES string of the molecule is CC(c1nc(-c2ccccc2)no1)N1CCN(C(=O)CCn2ncc(=O)c3ccccc32)CC1. The third-order valence-electron chi connectivity index (χ3n) is 6.35. The molecule has 1 atom stereocenters. The maximum absolute atomic E-state index is 12.8. The number of piperazine rings is 1. The highest BCUT2D eigenvalue weighted by atomic mass is 16.5. The van der Waals surface area contributed by atoms with E-state index in [1.165, 1.54) is 6.20 Å². The molecule has 0 bridgehead atoms. The van der Waals surface area contributed by atoms with Gasteiger partial charge in [0.25, 0.3) is 0 Å². The molecule has 0 radical (unpaired) electrons. The van der Waals surface area contributed by atoms with Crippen LogP contribution in [0.2, 0.25) is 0 Å².